The molecule has 3 rings (SSSR count). The molecule has 0 unspecified atom stereocenters. The maximum absolute atomic E-state index is 12.5. The number of carbonyl (C=O) groups excluding carboxylic acids is 1. The number of esters is 1. The van der Waals surface area contributed by atoms with Crippen LogP contribution in [0.1, 0.15) is 55.1 Å². The number of hydrogen-bond donors (Lipinski definition) is 0. The van der Waals surface area contributed by atoms with E-state index < -0.39 is 16.0 Å². The van der Waals surface area contributed by atoms with Crippen LogP contribution in [0.3, 0.4) is 0 Å². The molecule has 140 valence electrons. The third-order valence-corrected chi connectivity index (χ3v) is 6.09. The summed E-state index contributed by atoms with van der Waals surface area (Å²) in [5, 5.41) is 4.62. The van der Waals surface area contributed by atoms with Crippen molar-refractivity contribution in [1.82, 2.24) is 14.1 Å². The Kier molecular flexibility index (Phi) is 5.06. The fourth-order valence-electron chi connectivity index (χ4n) is 3.43. The van der Waals surface area contributed by atoms with Gasteiger partial charge in [-0.2, -0.15) is 5.10 Å². The molecule has 0 aliphatic carbocycles. The molecule has 0 spiro atoms. The lowest BCUT2D eigenvalue weighted by atomic mass is 9.92. The first kappa shape index (κ1) is 18.2. The van der Waals surface area contributed by atoms with Crippen molar-refractivity contribution in [1.29, 1.82) is 0 Å². The zero-order valence-electron chi connectivity index (χ0n) is 14.9. The molecule has 0 N–H and O–H groups in total. The number of fused-ring (bicyclic) bond motifs is 1. The second-order valence-electron chi connectivity index (χ2n) is 6.66. The molecule has 0 radical (unpaired) electrons. The van der Waals surface area contributed by atoms with E-state index in [9.17, 15) is 13.2 Å². The number of hydrogen-bond acceptors (Lipinski definition) is 6. The van der Waals surface area contributed by atoms with Gasteiger partial charge in [0.25, 0.3) is 0 Å². The van der Waals surface area contributed by atoms with Crippen LogP contribution < -0.4 is 4.74 Å². The van der Waals surface area contributed by atoms with Gasteiger partial charge < -0.3 is 9.47 Å². The Hall–Kier alpha value is -1.61. The zero-order chi connectivity index (χ0) is 18.2. The fourth-order valence-corrected chi connectivity index (χ4v) is 4.30. The molecule has 9 heteroatoms. The van der Waals surface area contributed by atoms with Crippen molar-refractivity contribution < 1.29 is 22.7 Å². The minimum absolute atomic E-state index is 0.0226. The Balaban J connectivity index is 1.90. The molecule has 8 nitrogen and oxygen atoms in total. The van der Waals surface area contributed by atoms with Crippen LogP contribution in [-0.4, -0.2) is 60.5 Å². The highest BCUT2D eigenvalue weighted by molar-refractivity contribution is 7.88. The van der Waals surface area contributed by atoms with Gasteiger partial charge in [0.15, 0.2) is 0 Å². The summed E-state index contributed by atoms with van der Waals surface area (Å²) in [6.45, 7) is 5.59. The predicted molar refractivity (Wildman–Crippen MR) is 91.3 cm³/mol. The molecule has 1 saturated heterocycles. The quantitative estimate of drug-likeness (QED) is 0.743. The molecule has 1 aromatic heterocycles. The first-order valence-electron chi connectivity index (χ1n) is 8.70. The molecule has 1 fully saturated rings. The molecule has 3 heterocycles. The molecular weight excluding hydrogens is 346 g/mol. The maximum Gasteiger partial charge on any atom is 0.345 e. The van der Waals surface area contributed by atoms with Crippen molar-refractivity contribution in [2.45, 2.75) is 51.7 Å². The normalized spacial score (nSPS) is 22.3. The average Bonchev–Trinajstić information content (AvgIpc) is 2.93. The van der Waals surface area contributed by atoms with Crippen LogP contribution in [0.15, 0.2) is 0 Å². The maximum atomic E-state index is 12.5. The molecule has 1 aromatic rings. The van der Waals surface area contributed by atoms with Crippen molar-refractivity contribution in [2.75, 3.05) is 26.0 Å². The minimum Gasteiger partial charge on any atom is -0.474 e. The van der Waals surface area contributed by atoms with E-state index in [0.717, 1.165) is 6.42 Å². The number of ether oxygens (including phenoxy) is 2. The van der Waals surface area contributed by atoms with Gasteiger partial charge in [-0.25, -0.2) is 22.2 Å². The standard InChI is InChI=1S/C16H25N3O5S/c1-4-23-16(20)13-14(17-19-10-5-11(2)24-15(13)19)12-6-8-18(9-7-12)25(3,21)22/h11-12H,4-10H2,1-3H3/t11-/m1/s1. The predicted octanol–water partition coefficient (Wildman–Crippen LogP) is 1.37. The van der Waals surface area contributed by atoms with Crippen LogP contribution >= 0.6 is 0 Å². The molecule has 0 bridgehead atoms. The van der Waals surface area contributed by atoms with E-state index in [0.29, 0.717) is 49.6 Å². The number of nitrogens with zero attached hydrogens (tertiary/aromatic N) is 3. The fraction of sp³-hybridized carbons (Fsp3) is 0.750. The lowest BCUT2D eigenvalue weighted by Crippen LogP contribution is -2.37. The third-order valence-electron chi connectivity index (χ3n) is 4.78. The molecule has 2 aliphatic rings. The highest BCUT2D eigenvalue weighted by Crippen LogP contribution is 2.37. The lowest BCUT2D eigenvalue weighted by molar-refractivity contribution is 0.0512. The summed E-state index contributed by atoms with van der Waals surface area (Å²) in [6.07, 6.45) is 3.35. The van der Waals surface area contributed by atoms with Crippen molar-refractivity contribution in [3.8, 4) is 5.88 Å². The Morgan fingerprint density at radius 2 is 1.96 bits per heavy atom. The molecular formula is C16H25N3O5S. The van der Waals surface area contributed by atoms with E-state index in [2.05, 4.69) is 5.10 Å². The highest BCUT2D eigenvalue weighted by Gasteiger charge is 2.35. The minimum atomic E-state index is -3.18. The Bertz CT molecular complexity index is 750. The van der Waals surface area contributed by atoms with Gasteiger partial charge in [0.1, 0.15) is 5.56 Å². The van der Waals surface area contributed by atoms with Crippen LogP contribution in [0.25, 0.3) is 0 Å². The van der Waals surface area contributed by atoms with Crippen LogP contribution in [0.5, 0.6) is 5.88 Å². The number of sulfonamides is 1. The summed E-state index contributed by atoms with van der Waals surface area (Å²) >= 11 is 0. The summed E-state index contributed by atoms with van der Waals surface area (Å²) in [4.78, 5) is 12.5. The van der Waals surface area contributed by atoms with Gasteiger partial charge >= 0.3 is 5.97 Å². The summed E-state index contributed by atoms with van der Waals surface area (Å²) < 4.78 is 37.7. The number of aromatic nitrogens is 2. The summed E-state index contributed by atoms with van der Waals surface area (Å²) in [6, 6.07) is 0. The van der Waals surface area contributed by atoms with Crippen molar-refractivity contribution >= 4 is 16.0 Å². The number of carbonyl (C=O) groups is 1. The van der Waals surface area contributed by atoms with E-state index in [1.54, 1.807) is 11.6 Å². The average molecular weight is 371 g/mol. The van der Waals surface area contributed by atoms with Gasteiger partial charge in [0.05, 0.1) is 24.7 Å². The second kappa shape index (κ2) is 6.95. The van der Waals surface area contributed by atoms with Gasteiger partial charge in [-0.05, 0) is 26.7 Å². The van der Waals surface area contributed by atoms with Gasteiger partial charge in [0.2, 0.25) is 15.9 Å². The summed E-state index contributed by atoms with van der Waals surface area (Å²) in [7, 11) is -3.18. The third kappa shape index (κ3) is 3.67. The number of aryl methyl sites for hydroxylation is 1. The monoisotopic (exact) mass is 371 g/mol. The van der Waals surface area contributed by atoms with Crippen LogP contribution in [0, 0.1) is 0 Å². The Morgan fingerprint density at radius 3 is 2.56 bits per heavy atom. The molecule has 0 saturated carbocycles. The van der Waals surface area contributed by atoms with Gasteiger partial charge in [0, 0.05) is 32.0 Å². The van der Waals surface area contributed by atoms with Gasteiger partial charge in [-0.15, -0.1) is 0 Å². The first-order valence-corrected chi connectivity index (χ1v) is 10.6. The SMILES string of the molecule is CCOC(=O)c1c(C2CCN(S(C)(=O)=O)CC2)nn2c1O[C@H](C)CC2. The largest absolute Gasteiger partial charge is 0.474 e. The van der Waals surface area contributed by atoms with E-state index >= 15 is 0 Å². The topological polar surface area (TPSA) is 90.7 Å². The van der Waals surface area contributed by atoms with Gasteiger partial charge in [-0.1, -0.05) is 0 Å². The number of piperidine rings is 1. The molecule has 25 heavy (non-hydrogen) atoms. The summed E-state index contributed by atoms with van der Waals surface area (Å²) in [5.74, 6) is 0.0885. The smallest absolute Gasteiger partial charge is 0.345 e. The molecule has 2 aliphatic heterocycles. The molecule has 0 amide bonds. The number of rotatable bonds is 4. The van der Waals surface area contributed by atoms with Crippen molar-refractivity contribution in [3.05, 3.63) is 11.3 Å². The van der Waals surface area contributed by atoms with Crippen molar-refractivity contribution in [2.24, 2.45) is 0 Å². The zero-order valence-corrected chi connectivity index (χ0v) is 15.7. The van der Waals surface area contributed by atoms with Crippen LogP contribution in [-0.2, 0) is 21.3 Å². The lowest BCUT2D eigenvalue weighted by Gasteiger charge is -2.29. The Morgan fingerprint density at radius 1 is 1.28 bits per heavy atom. The summed E-state index contributed by atoms with van der Waals surface area (Å²) in [5.41, 5.74) is 1.09. The highest BCUT2D eigenvalue weighted by atomic mass is 32.2. The van der Waals surface area contributed by atoms with Crippen LogP contribution in [0.2, 0.25) is 0 Å². The second-order valence-corrected chi connectivity index (χ2v) is 8.64. The van der Waals surface area contributed by atoms with Crippen LogP contribution in [0.4, 0.5) is 0 Å². The van der Waals surface area contributed by atoms with E-state index in [4.69, 9.17) is 9.47 Å². The van der Waals surface area contributed by atoms with E-state index in [1.165, 1.54) is 10.6 Å². The van der Waals surface area contributed by atoms with E-state index in [-0.39, 0.29) is 18.6 Å². The van der Waals surface area contributed by atoms with Crippen molar-refractivity contribution in [3.63, 3.8) is 0 Å². The molecule has 1 atom stereocenters. The van der Waals surface area contributed by atoms with Gasteiger partial charge in [-0.3, -0.25) is 0 Å². The Labute approximate surface area is 148 Å². The first-order chi connectivity index (χ1) is 11.8. The van der Waals surface area contributed by atoms with E-state index in [1.807, 2.05) is 6.92 Å². The molecule has 0 aromatic carbocycles.